The molecule has 14 heavy (non-hydrogen) atoms. The summed E-state index contributed by atoms with van der Waals surface area (Å²) >= 11 is 0. The second kappa shape index (κ2) is 6.23. The first-order valence-corrected chi connectivity index (χ1v) is 5.75. The summed E-state index contributed by atoms with van der Waals surface area (Å²) in [5.41, 5.74) is 1.45. The Hall–Kier alpha value is -0.300. The summed E-state index contributed by atoms with van der Waals surface area (Å²) in [6, 6.07) is 0. The van der Waals surface area contributed by atoms with Crippen LogP contribution in [0.15, 0.2) is 11.6 Å². The fourth-order valence-corrected chi connectivity index (χ4v) is 1.41. The molecule has 0 bridgehead atoms. The molecule has 0 heterocycles. The molecule has 1 heteroatoms. The van der Waals surface area contributed by atoms with Crippen LogP contribution in [0, 0.1) is 5.92 Å². The zero-order valence-electron chi connectivity index (χ0n) is 10.9. The second-order valence-electron chi connectivity index (χ2n) is 5.77. The van der Waals surface area contributed by atoms with E-state index < -0.39 is 0 Å². The van der Waals surface area contributed by atoms with Crippen molar-refractivity contribution in [3.63, 3.8) is 0 Å². The largest absolute Gasteiger partial charge is 0.331 e. The Morgan fingerprint density at radius 3 is 2.14 bits per heavy atom. The zero-order chi connectivity index (χ0) is 11.2. The molecule has 0 fully saturated rings. The van der Waals surface area contributed by atoms with Gasteiger partial charge in [0.25, 0.3) is 0 Å². The third-order valence-corrected chi connectivity index (χ3v) is 2.50. The SMILES string of the molecule is CC(C)=CCC[C@@H](C)CC[N+](C)(C)C. The molecule has 0 aromatic heterocycles. The molecule has 0 aliphatic rings. The second-order valence-corrected chi connectivity index (χ2v) is 5.77. The van der Waals surface area contributed by atoms with Crippen LogP contribution in [0.2, 0.25) is 0 Å². The Labute approximate surface area is 90.4 Å². The van der Waals surface area contributed by atoms with Gasteiger partial charge in [-0.3, -0.25) is 0 Å². The third kappa shape index (κ3) is 9.79. The van der Waals surface area contributed by atoms with Crippen LogP contribution in [0.5, 0.6) is 0 Å². The molecule has 1 nitrogen and oxygen atoms in total. The maximum absolute atomic E-state index is 2.37. The van der Waals surface area contributed by atoms with E-state index in [2.05, 4.69) is 48.0 Å². The molecule has 0 aromatic carbocycles. The average molecular weight is 198 g/mol. The topological polar surface area (TPSA) is 0 Å². The Morgan fingerprint density at radius 2 is 1.71 bits per heavy atom. The minimum atomic E-state index is 0.864. The van der Waals surface area contributed by atoms with E-state index in [1.165, 1.54) is 31.4 Å². The van der Waals surface area contributed by atoms with E-state index in [9.17, 15) is 0 Å². The molecule has 0 spiro atoms. The van der Waals surface area contributed by atoms with Crippen LogP contribution >= 0.6 is 0 Å². The van der Waals surface area contributed by atoms with Crippen molar-refractivity contribution in [3.8, 4) is 0 Å². The van der Waals surface area contributed by atoms with Crippen LogP contribution in [0.25, 0.3) is 0 Å². The smallest absolute Gasteiger partial charge is 0.0783 e. The number of rotatable bonds is 6. The maximum atomic E-state index is 2.37. The van der Waals surface area contributed by atoms with Crippen LogP contribution < -0.4 is 0 Å². The highest BCUT2D eigenvalue weighted by molar-refractivity contribution is 4.92. The standard InChI is InChI=1S/C13H28N/c1-12(2)8-7-9-13(3)10-11-14(4,5)6/h8,13H,7,9-11H2,1-6H3/q+1/t13-/m1/s1. The lowest BCUT2D eigenvalue weighted by Crippen LogP contribution is -2.36. The summed E-state index contributed by atoms with van der Waals surface area (Å²) < 4.78 is 1.09. The van der Waals surface area contributed by atoms with Gasteiger partial charge in [-0.25, -0.2) is 0 Å². The first-order chi connectivity index (χ1) is 6.31. The van der Waals surface area contributed by atoms with E-state index in [0.717, 1.165) is 10.4 Å². The van der Waals surface area contributed by atoms with Crippen molar-refractivity contribution in [3.05, 3.63) is 11.6 Å². The van der Waals surface area contributed by atoms with E-state index in [4.69, 9.17) is 0 Å². The molecule has 0 unspecified atom stereocenters. The third-order valence-electron chi connectivity index (χ3n) is 2.50. The summed E-state index contributed by atoms with van der Waals surface area (Å²) in [4.78, 5) is 0. The first kappa shape index (κ1) is 13.7. The molecule has 0 aromatic rings. The van der Waals surface area contributed by atoms with Gasteiger partial charge >= 0.3 is 0 Å². The van der Waals surface area contributed by atoms with Gasteiger partial charge in [0.05, 0.1) is 27.7 Å². The maximum Gasteiger partial charge on any atom is 0.0783 e. The molecule has 1 atom stereocenters. The quantitative estimate of drug-likeness (QED) is 0.453. The number of hydrogen-bond acceptors (Lipinski definition) is 0. The van der Waals surface area contributed by atoms with Crippen LogP contribution in [-0.4, -0.2) is 32.2 Å². The minimum Gasteiger partial charge on any atom is -0.331 e. The van der Waals surface area contributed by atoms with E-state index in [-0.39, 0.29) is 0 Å². The summed E-state index contributed by atoms with van der Waals surface area (Å²) in [6.07, 6.45) is 6.29. The highest BCUT2D eigenvalue weighted by Crippen LogP contribution is 2.13. The molecule has 84 valence electrons. The van der Waals surface area contributed by atoms with Gasteiger partial charge in [0.15, 0.2) is 0 Å². The van der Waals surface area contributed by atoms with Crippen molar-refractivity contribution in [2.24, 2.45) is 5.92 Å². The Kier molecular flexibility index (Phi) is 6.10. The fraction of sp³-hybridized carbons (Fsp3) is 0.846. The lowest BCUT2D eigenvalue weighted by Gasteiger charge is -2.25. The van der Waals surface area contributed by atoms with Crippen LogP contribution in [0.4, 0.5) is 0 Å². The van der Waals surface area contributed by atoms with Crippen molar-refractivity contribution in [1.29, 1.82) is 0 Å². The minimum absolute atomic E-state index is 0.864. The number of allylic oxidation sites excluding steroid dienone is 2. The van der Waals surface area contributed by atoms with Crippen molar-refractivity contribution in [2.45, 2.75) is 40.0 Å². The summed E-state index contributed by atoms with van der Waals surface area (Å²) in [5, 5.41) is 0. The molecular weight excluding hydrogens is 170 g/mol. The van der Waals surface area contributed by atoms with Gasteiger partial charge in [-0.15, -0.1) is 0 Å². The average Bonchev–Trinajstić information content (AvgIpc) is 1.99. The molecule has 0 aliphatic heterocycles. The van der Waals surface area contributed by atoms with Gasteiger partial charge in [-0.05, 0) is 39.0 Å². The van der Waals surface area contributed by atoms with Crippen LogP contribution in [0.1, 0.15) is 40.0 Å². The molecular formula is C13H28N+. The van der Waals surface area contributed by atoms with Crippen molar-refractivity contribution in [1.82, 2.24) is 0 Å². The number of nitrogens with zero attached hydrogens (tertiary/aromatic N) is 1. The highest BCUT2D eigenvalue weighted by atomic mass is 15.3. The normalized spacial score (nSPS) is 13.9. The molecule has 0 aliphatic carbocycles. The first-order valence-electron chi connectivity index (χ1n) is 5.75. The van der Waals surface area contributed by atoms with E-state index in [0.29, 0.717) is 0 Å². The Morgan fingerprint density at radius 1 is 1.14 bits per heavy atom. The summed E-state index contributed by atoms with van der Waals surface area (Å²) in [5.74, 6) is 0.864. The Bertz CT molecular complexity index is 170. The number of quaternary nitrogens is 1. The lowest BCUT2D eigenvalue weighted by molar-refractivity contribution is -0.870. The summed E-state index contributed by atoms with van der Waals surface area (Å²) in [7, 11) is 6.80. The van der Waals surface area contributed by atoms with Crippen LogP contribution in [0.3, 0.4) is 0 Å². The van der Waals surface area contributed by atoms with Gasteiger partial charge in [0, 0.05) is 0 Å². The highest BCUT2D eigenvalue weighted by Gasteiger charge is 2.09. The van der Waals surface area contributed by atoms with Gasteiger partial charge in [0.2, 0.25) is 0 Å². The van der Waals surface area contributed by atoms with Gasteiger partial charge in [-0.1, -0.05) is 18.6 Å². The molecule has 0 amide bonds. The molecule has 0 saturated carbocycles. The predicted octanol–water partition coefficient (Wildman–Crippen LogP) is 3.47. The van der Waals surface area contributed by atoms with Gasteiger partial charge in [-0.2, -0.15) is 0 Å². The molecule has 0 radical (unpaired) electrons. The molecule has 0 rings (SSSR count). The van der Waals surface area contributed by atoms with E-state index >= 15 is 0 Å². The monoisotopic (exact) mass is 198 g/mol. The van der Waals surface area contributed by atoms with Gasteiger partial charge < -0.3 is 4.48 Å². The van der Waals surface area contributed by atoms with E-state index in [1.807, 2.05) is 0 Å². The number of hydrogen-bond donors (Lipinski definition) is 0. The molecule has 0 N–H and O–H groups in total. The van der Waals surface area contributed by atoms with Crippen molar-refractivity contribution < 1.29 is 4.48 Å². The lowest BCUT2D eigenvalue weighted by atomic mass is 10.0. The fourth-order valence-electron chi connectivity index (χ4n) is 1.41. The van der Waals surface area contributed by atoms with Crippen LogP contribution in [-0.2, 0) is 0 Å². The van der Waals surface area contributed by atoms with E-state index in [1.54, 1.807) is 0 Å². The van der Waals surface area contributed by atoms with Crippen molar-refractivity contribution in [2.75, 3.05) is 27.7 Å². The van der Waals surface area contributed by atoms with Crippen molar-refractivity contribution >= 4 is 0 Å². The summed E-state index contributed by atoms with van der Waals surface area (Å²) in [6.45, 7) is 8.01. The Balaban J connectivity index is 3.56. The zero-order valence-corrected chi connectivity index (χ0v) is 10.9. The molecule has 0 saturated heterocycles. The van der Waals surface area contributed by atoms with Gasteiger partial charge in [0.1, 0.15) is 0 Å². The predicted molar refractivity (Wildman–Crippen MR) is 65.3 cm³/mol.